The minimum absolute atomic E-state index is 0.0793. The number of amides is 2. The molecule has 1 aromatic heterocycles. The van der Waals surface area contributed by atoms with Crippen LogP contribution in [-0.2, 0) is 12.0 Å². The van der Waals surface area contributed by atoms with E-state index in [4.69, 9.17) is 0 Å². The molecule has 0 aliphatic carbocycles. The number of carbonyl (C=O) groups is 1. The van der Waals surface area contributed by atoms with Crippen molar-refractivity contribution in [2.24, 2.45) is 0 Å². The lowest BCUT2D eigenvalue weighted by Crippen LogP contribution is -2.35. The summed E-state index contributed by atoms with van der Waals surface area (Å²) in [5.41, 5.74) is 3.05. The molecule has 27 heavy (non-hydrogen) atoms. The normalized spacial score (nSPS) is 12.4. The summed E-state index contributed by atoms with van der Waals surface area (Å²) < 4.78 is 0. The van der Waals surface area contributed by atoms with Gasteiger partial charge in [-0.1, -0.05) is 63.2 Å². The highest BCUT2D eigenvalue weighted by Gasteiger charge is 2.17. The second-order valence-electron chi connectivity index (χ2n) is 7.47. The van der Waals surface area contributed by atoms with Crippen molar-refractivity contribution in [2.45, 2.75) is 38.8 Å². The van der Waals surface area contributed by atoms with Crippen LogP contribution >= 0.6 is 0 Å². The van der Waals surface area contributed by atoms with E-state index in [1.165, 1.54) is 5.56 Å². The highest BCUT2D eigenvalue weighted by Crippen LogP contribution is 2.23. The molecule has 0 bridgehead atoms. The predicted octanol–water partition coefficient (Wildman–Crippen LogP) is 4.14. The number of rotatable bonds is 5. The minimum atomic E-state index is -0.264. The molecule has 2 aromatic carbocycles. The summed E-state index contributed by atoms with van der Waals surface area (Å²) >= 11 is 0. The maximum absolute atomic E-state index is 12.5. The molecule has 2 N–H and O–H groups in total. The summed E-state index contributed by atoms with van der Waals surface area (Å²) in [5.74, 6) is 0. The van der Waals surface area contributed by atoms with E-state index in [9.17, 15) is 4.79 Å². The number of carbonyl (C=O) groups excluding carboxylic acids is 1. The van der Waals surface area contributed by atoms with E-state index >= 15 is 0 Å². The third kappa shape index (κ3) is 5.17. The van der Waals surface area contributed by atoms with Crippen LogP contribution in [0.2, 0.25) is 0 Å². The second kappa shape index (κ2) is 8.03. The Morgan fingerprint density at radius 1 is 1.00 bits per heavy atom. The lowest BCUT2D eigenvalue weighted by molar-refractivity contribution is 0.246. The number of urea groups is 1. The average Bonchev–Trinajstić information content (AvgIpc) is 3.15. The van der Waals surface area contributed by atoms with Crippen LogP contribution in [0.15, 0.2) is 67.0 Å². The fourth-order valence-electron chi connectivity index (χ4n) is 2.80. The molecule has 6 heteroatoms. The van der Waals surface area contributed by atoms with Crippen molar-refractivity contribution in [2.75, 3.05) is 5.32 Å². The van der Waals surface area contributed by atoms with Crippen LogP contribution in [0.5, 0.6) is 0 Å². The molecule has 0 saturated carbocycles. The maximum atomic E-state index is 12.5. The largest absolute Gasteiger partial charge is 0.329 e. The van der Waals surface area contributed by atoms with Crippen LogP contribution in [-0.4, -0.2) is 21.0 Å². The molecule has 140 valence electrons. The van der Waals surface area contributed by atoms with Gasteiger partial charge < -0.3 is 10.6 Å². The first-order valence-electron chi connectivity index (χ1n) is 8.99. The maximum Gasteiger partial charge on any atom is 0.319 e. The third-order valence-electron chi connectivity index (χ3n) is 4.33. The van der Waals surface area contributed by atoms with Gasteiger partial charge in [-0.25, -0.2) is 4.79 Å². The number of nitrogens with zero attached hydrogens (tertiary/aromatic N) is 3. The van der Waals surface area contributed by atoms with Gasteiger partial charge in [0.2, 0.25) is 0 Å². The molecule has 0 aliphatic rings. The first-order chi connectivity index (χ1) is 12.9. The number of aromatic nitrogens is 3. The molecule has 6 nitrogen and oxygen atoms in total. The number of hydrogen-bond acceptors (Lipinski definition) is 3. The monoisotopic (exact) mass is 363 g/mol. The molecule has 0 saturated heterocycles. The smallest absolute Gasteiger partial charge is 0.319 e. The first-order valence-corrected chi connectivity index (χ1v) is 8.99. The van der Waals surface area contributed by atoms with Crippen molar-refractivity contribution in [1.82, 2.24) is 20.3 Å². The van der Waals surface area contributed by atoms with Gasteiger partial charge in [-0.3, -0.25) is 0 Å². The molecule has 1 heterocycles. The molecule has 3 rings (SSSR count). The summed E-state index contributed by atoms with van der Waals surface area (Å²) in [6.45, 7) is 6.94. The number of hydrogen-bond donors (Lipinski definition) is 2. The van der Waals surface area contributed by atoms with Crippen molar-refractivity contribution in [3.05, 3.63) is 78.1 Å². The van der Waals surface area contributed by atoms with Gasteiger partial charge in [-0.2, -0.15) is 15.0 Å². The lowest BCUT2D eigenvalue weighted by atomic mass is 9.87. The molecule has 0 fully saturated rings. The third-order valence-corrected chi connectivity index (χ3v) is 4.33. The fourth-order valence-corrected chi connectivity index (χ4v) is 2.80. The van der Waals surface area contributed by atoms with Gasteiger partial charge in [0.05, 0.1) is 25.0 Å². The van der Waals surface area contributed by atoms with Crippen molar-refractivity contribution < 1.29 is 4.79 Å². The van der Waals surface area contributed by atoms with Crippen LogP contribution in [0.25, 0.3) is 0 Å². The Balaban J connectivity index is 1.69. The molecule has 3 aromatic rings. The second-order valence-corrected chi connectivity index (χ2v) is 7.47. The van der Waals surface area contributed by atoms with Crippen LogP contribution < -0.4 is 10.6 Å². The summed E-state index contributed by atoms with van der Waals surface area (Å²) in [4.78, 5) is 14.1. The van der Waals surface area contributed by atoms with Crippen LogP contribution in [0.3, 0.4) is 0 Å². The van der Waals surface area contributed by atoms with E-state index < -0.39 is 0 Å². The molecule has 1 atom stereocenters. The Labute approximate surface area is 159 Å². The van der Waals surface area contributed by atoms with Crippen molar-refractivity contribution in [1.29, 1.82) is 0 Å². The molecule has 0 aliphatic heterocycles. The van der Waals surface area contributed by atoms with Gasteiger partial charge in [-0.15, -0.1) is 0 Å². The Morgan fingerprint density at radius 3 is 2.22 bits per heavy atom. The zero-order valence-corrected chi connectivity index (χ0v) is 15.9. The molecule has 1 unspecified atom stereocenters. The Bertz CT molecular complexity index is 852. The van der Waals surface area contributed by atoms with Crippen molar-refractivity contribution >= 4 is 11.7 Å². The van der Waals surface area contributed by atoms with E-state index in [-0.39, 0.29) is 17.5 Å². The van der Waals surface area contributed by atoms with E-state index in [1.807, 2.05) is 54.6 Å². The zero-order chi connectivity index (χ0) is 19.3. The summed E-state index contributed by atoms with van der Waals surface area (Å²) in [6, 6.07) is 17.2. The van der Waals surface area contributed by atoms with Crippen LogP contribution in [0.1, 0.15) is 37.9 Å². The first kappa shape index (κ1) is 18.6. The van der Waals surface area contributed by atoms with Gasteiger partial charge in [0.15, 0.2) is 0 Å². The average molecular weight is 363 g/mol. The van der Waals surface area contributed by atoms with E-state index in [2.05, 4.69) is 41.6 Å². The standard InChI is InChI=1S/C21H25N5O/c1-21(2,3)17-9-11-18(12-10-17)24-20(27)25-19(15-26-22-13-14-23-26)16-7-5-4-6-8-16/h4-14,19H,15H2,1-3H3,(H2,24,25,27). The number of nitrogens with one attached hydrogen (secondary N) is 2. The van der Waals surface area contributed by atoms with Gasteiger partial charge in [-0.05, 0) is 28.7 Å². The molecular weight excluding hydrogens is 338 g/mol. The van der Waals surface area contributed by atoms with Crippen molar-refractivity contribution in [3.63, 3.8) is 0 Å². The van der Waals surface area contributed by atoms with Crippen LogP contribution in [0, 0.1) is 0 Å². The lowest BCUT2D eigenvalue weighted by Gasteiger charge is -2.20. The molecule has 2 amide bonds. The van der Waals surface area contributed by atoms with Crippen molar-refractivity contribution in [3.8, 4) is 0 Å². The highest BCUT2D eigenvalue weighted by molar-refractivity contribution is 5.89. The SMILES string of the molecule is CC(C)(C)c1ccc(NC(=O)NC(Cn2nccn2)c2ccccc2)cc1. The Kier molecular flexibility index (Phi) is 5.54. The van der Waals surface area contributed by atoms with Gasteiger partial charge in [0, 0.05) is 5.69 Å². The fraction of sp³-hybridized carbons (Fsp3) is 0.286. The predicted molar refractivity (Wildman–Crippen MR) is 107 cm³/mol. The topological polar surface area (TPSA) is 71.8 Å². The minimum Gasteiger partial charge on any atom is -0.329 e. The Morgan fingerprint density at radius 2 is 1.63 bits per heavy atom. The van der Waals surface area contributed by atoms with Gasteiger partial charge in [0.1, 0.15) is 0 Å². The highest BCUT2D eigenvalue weighted by atomic mass is 16.2. The van der Waals surface area contributed by atoms with E-state index in [1.54, 1.807) is 17.2 Å². The van der Waals surface area contributed by atoms with E-state index in [0.717, 1.165) is 11.3 Å². The van der Waals surface area contributed by atoms with E-state index in [0.29, 0.717) is 6.54 Å². The molecule has 0 radical (unpaired) electrons. The number of benzene rings is 2. The van der Waals surface area contributed by atoms with Gasteiger partial charge >= 0.3 is 6.03 Å². The summed E-state index contributed by atoms with van der Waals surface area (Å²) in [7, 11) is 0. The molecular formula is C21H25N5O. The number of anilines is 1. The van der Waals surface area contributed by atoms with Crippen LogP contribution in [0.4, 0.5) is 10.5 Å². The zero-order valence-electron chi connectivity index (χ0n) is 15.9. The molecule has 0 spiro atoms. The summed E-state index contributed by atoms with van der Waals surface area (Å²) in [6.07, 6.45) is 3.25. The Hall–Kier alpha value is -3.15. The quantitative estimate of drug-likeness (QED) is 0.716. The van der Waals surface area contributed by atoms with Gasteiger partial charge in [0.25, 0.3) is 0 Å². The summed E-state index contributed by atoms with van der Waals surface area (Å²) in [5, 5.41) is 14.2.